The van der Waals surface area contributed by atoms with E-state index >= 15 is 0 Å². The standard InChI is InChI=1S/C26H20Cl2N2O5S/c1-34-22-11-10-18(13-20(22)28)29-24(31)14-30-25(32)23(36-26(30)33)12-16-6-3-5-9-21(16)35-15-17-7-2-4-8-19(17)27/h2-13H,14-15H2,1H3,(H,29,31)/b23-12+. The zero-order chi connectivity index (χ0) is 25.7. The van der Waals surface area contributed by atoms with Crippen LogP contribution in [0.5, 0.6) is 11.5 Å². The Balaban J connectivity index is 1.44. The number of ether oxygens (including phenoxy) is 2. The molecule has 3 amide bonds. The Hall–Kier alpha value is -3.46. The van der Waals surface area contributed by atoms with E-state index in [2.05, 4.69) is 5.32 Å². The number of methoxy groups -OCH3 is 1. The van der Waals surface area contributed by atoms with Crippen molar-refractivity contribution in [3.05, 3.63) is 92.8 Å². The molecule has 3 aromatic rings. The number of thioether (sulfide) groups is 1. The minimum absolute atomic E-state index is 0.189. The van der Waals surface area contributed by atoms with E-state index in [4.69, 9.17) is 32.7 Å². The first-order valence-electron chi connectivity index (χ1n) is 10.7. The summed E-state index contributed by atoms with van der Waals surface area (Å²) in [5, 5.41) is 3.00. The van der Waals surface area contributed by atoms with Gasteiger partial charge in [-0.25, -0.2) is 0 Å². The minimum Gasteiger partial charge on any atom is -0.495 e. The summed E-state index contributed by atoms with van der Waals surface area (Å²) < 4.78 is 11.0. The van der Waals surface area contributed by atoms with Gasteiger partial charge in [-0.1, -0.05) is 59.6 Å². The summed E-state index contributed by atoms with van der Waals surface area (Å²) >= 11 is 13.0. The molecule has 4 rings (SSSR count). The van der Waals surface area contributed by atoms with E-state index in [1.54, 1.807) is 48.5 Å². The predicted octanol–water partition coefficient (Wildman–Crippen LogP) is 6.26. The summed E-state index contributed by atoms with van der Waals surface area (Å²) in [5.74, 6) is -0.114. The van der Waals surface area contributed by atoms with Gasteiger partial charge in [-0.15, -0.1) is 0 Å². The van der Waals surface area contributed by atoms with Crippen LogP contribution in [0.1, 0.15) is 11.1 Å². The second-order valence-electron chi connectivity index (χ2n) is 7.58. The largest absolute Gasteiger partial charge is 0.495 e. The van der Waals surface area contributed by atoms with Gasteiger partial charge in [-0.05, 0) is 48.2 Å². The Morgan fingerprint density at radius 2 is 1.75 bits per heavy atom. The molecule has 0 aromatic heterocycles. The number of anilines is 1. The normalized spacial score (nSPS) is 14.3. The SMILES string of the molecule is COc1ccc(NC(=O)CN2C(=O)S/C(=C/c3ccccc3OCc3ccccc3Cl)C2=O)cc1Cl. The van der Waals surface area contributed by atoms with Crippen molar-refractivity contribution in [2.45, 2.75) is 6.61 Å². The zero-order valence-corrected chi connectivity index (χ0v) is 21.3. The van der Waals surface area contributed by atoms with Gasteiger partial charge in [0.25, 0.3) is 11.1 Å². The fourth-order valence-corrected chi connectivity index (χ4v) is 4.65. The molecule has 1 heterocycles. The lowest BCUT2D eigenvalue weighted by Gasteiger charge is -2.13. The number of hydrogen-bond donors (Lipinski definition) is 1. The van der Waals surface area contributed by atoms with Gasteiger partial charge >= 0.3 is 0 Å². The number of nitrogens with zero attached hydrogens (tertiary/aromatic N) is 1. The monoisotopic (exact) mass is 542 g/mol. The highest BCUT2D eigenvalue weighted by atomic mass is 35.5. The van der Waals surface area contributed by atoms with Crippen LogP contribution in [0.25, 0.3) is 6.08 Å². The van der Waals surface area contributed by atoms with Crippen LogP contribution in [0, 0.1) is 0 Å². The molecule has 1 N–H and O–H groups in total. The van der Waals surface area contributed by atoms with Gasteiger partial charge in [-0.2, -0.15) is 0 Å². The smallest absolute Gasteiger partial charge is 0.294 e. The summed E-state index contributed by atoms with van der Waals surface area (Å²) in [4.78, 5) is 39.0. The number of hydrogen-bond acceptors (Lipinski definition) is 6. The van der Waals surface area contributed by atoms with Crippen molar-refractivity contribution in [3.8, 4) is 11.5 Å². The van der Waals surface area contributed by atoms with Crippen molar-refractivity contribution in [1.29, 1.82) is 0 Å². The fourth-order valence-electron chi connectivity index (χ4n) is 3.37. The molecular weight excluding hydrogens is 523 g/mol. The molecule has 7 nitrogen and oxygen atoms in total. The lowest BCUT2D eigenvalue weighted by Crippen LogP contribution is -2.36. The lowest BCUT2D eigenvalue weighted by atomic mass is 10.1. The molecule has 0 aliphatic carbocycles. The summed E-state index contributed by atoms with van der Waals surface area (Å²) in [6.45, 7) is -0.197. The number of nitrogens with one attached hydrogen (secondary N) is 1. The first kappa shape index (κ1) is 25.6. The van der Waals surface area contributed by atoms with Crippen molar-refractivity contribution < 1.29 is 23.9 Å². The minimum atomic E-state index is -0.561. The second kappa shape index (κ2) is 11.5. The van der Waals surface area contributed by atoms with Gasteiger partial charge in [-0.3, -0.25) is 19.3 Å². The number of benzene rings is 3. The van der Waals surface area contributed by atoms with Crippen molar-refractivity contribution in [2.24, 2.45) is 0 Å². The highest BCUT2D eigenvalue weighted by Gasteiger charge is 2.36. The third-order valence-electron chi connectivity index (χ3n) is 5.16. The summed E-state index contributed by atoms with van der Waals surface area (Å²) in [7, 11) is 1.48. The Kier molecular flexibility index (Phi) is 8.20. The topological polar surface area (TPSA) is 84.9 Å². The third-order valence-corrected chi connectivity index (χ3v) is 6.73. The third kappa shape index (κ3) is 6.02. The molecule has 10 heteroatoms. The van der Waals surface area contributed by atoms with E-state index in [9.17, 15) is 14.4 Å². The average Bonchev–Trinajstić information content (AvgIpc) is 3.11. The lowest BCUT2D eigenvalue weighted by molar-refractivity contribution is -0.127. The molecular formula is C26H20Cl2N2O5S. The molecule has 1 aliphatic heterocycles. The Morgan fingerprint density at radius 3 is 2.50 bits per heavy atom. The quantitative estimate of drug-likeness (QED) is 0.338. The number of carbonyl (C=O) groups excluding carboxylic acids is 3. The van der Waals surface area contributed by atoms with Gasteiger partial charge in [0.1, 0.15) is 24.7 Å². The van der Waals surface area contributed by atoms with Gasteiger partial charge < -0.3 is 14.8 Å². The van der Waals surface area contributed by atoms with E-state index in [1.165, 1.54) is 13.2 Å². The molecule has 0 radical (unpaired) electrons. The van der Waals surface area contributed by atoms with Crippen molar-refractivity contribution in [3.63, 3.8) is 0 Å². The molecule has 3 aromatic carbocycles. The Morgan fingerprint density at radius 1 is 1.00 bits per heavy atom. The fraction of sp³-hybridized carbons (Fsp3) is 0.115. The molecule has 1 saturated heterocycles. The van der Waals surface area contributed by atoms with Gasteiger partial charge in [0.15, 0.2) is 0 Å². The van der Waals surface area contributed by atoms with Crippen LogP contribution in [0.2, 0.25) is 10.0 Å². The first-order valence-corrected chi connectivity index (χ1v) is 12.3. The Bertz CT molecular complexity index is 1360. The number of rotatable bonds is 8. The van der Waals surface area contributed by atoms with Crippen LogP contribution in [-0.2, 0) is 16.2 Å². The summed E-state index contributed by atoms with van der Waals surface area (Å²) in [6.07, 6.45) is 1.58. The van der Waals surface area contributed by atoms with Crippen molar-refractivity contribution in [2.75, 3.05) is 19.0 Å². The molecule has 0 unspecified atom stereocenters. The maximum atomic E-state index is 12.9. The predicted molar refractivity (Wildman–Crippen MR) is 142 cm³/mol. The average molecular weight is 543 g/mol. The summed E-state index contributed by atoms with van der Waals surface area (Å²) in [5.41, 5.74) is 1.85. The van der Waals surface area contributed by atoms with Gasteiger partial charge in [0.2, 0.25) is 5.91 Å². The van der Waals surface area contributed by atoms with E-state index < -0.39 is 23.6 Å². The molecule has 1 aliphatic rings. The van der Waals surface area contributed by atoms with Crippen LogP contribution in [0.3, 0.4) is 0 Å². The van der Waals surface area contributed by atoms with Crippen LogP contribution in [-0.4, -0.2) is 35.6 Å². The number of imide groups is 1. The highest BCUT2D eigenvalue weighted by molar-refractivity contribution is 8.18. The molecule has 0 bridgehead atoms. The molecule has 0 atom stereocenters. The van der Waals surface area contributed by atoms with Crippen molar-refractivity contribution >= 4 is 63.8 Å². The van der Waals surface area contributed by atoms with Crippen LogP contribution >= 0.6 is 35.0 Å². The number of halogens is 2. The number of para-hydroxylation sites is 1. The second-order valence-corrected chi connectivity index (χ2v) is 9.39. The first-order chi connectivity index (χ1) is 17.4. The van der Waals surface area contributed by atoms with Gasteiger partial charge in [0, 0.05) is 21.8 Å². The van der Waals surface area contributed by atoms with E-state index in [0.29, 0.717) is 32.8 Å². The maximum absolute atomic E-state index is 12.9. The van der Waals surface area contributed by atoms with E-state index in [1.807, 2.05) is 18.2 Å². The maximum Gasteiger partial charge on any atom is 0.294 e. The van der Waals surface area contributed by atoms with Gasteiger partial charge in [0.05, 0.1) is 17.0 Å². The van der Waals surface area contributed by atoms with Crippen LogP contribution in [0.4, 0.5) is 10.5 Å². The molecule has 0 saturated carbocycles. The van der Waals surface area contributed by atoms with Crippen LogP contribution in [0.15, 0.2) is 71.6 Å². The van der Waals surface area contributed by atoms with E-state index in [-0.39, 0.29) is 11.5 Å². The molecule has 184 valence electrons. The number of amides is 3. The highest BCUT2D eigenvalue weighted by Crippen LogP contribution is 2.34. The molecule has 36 heavy (non-hydrogen) atoms. The summed E-state index contributed by atoms with van der Waals surface area (Å²) in [6, 6.07) is 19.2. The van der Waals surface area contributed by atoms with E-state index in [0.717, 1.165) is 22.2 Å². The zero-order valence-electron chi connectivity index (χ0n) is 19.0. The van der Waals surface area contributed by atoms with Crippen molar-refractivity contribution in [1.82, 2.24) is 4.90 Å². The molecule has 1 fully saturated rings. The molecule has 0 spiro atoms. The Labute approximate surface area is 222 Å². The number of carbonyl (C=O) groups is 3. The van der Waals surface area contributed by atoms with Crippen LogP contribution < -0.4 is 14.8 Å².